The van der Waals surface area contributed by atoms with Gasteiger partial charge in [0.25, 0.3) is 5.91 Å². The molecular weight excluding hydrogens is 542 g/mol. The zero-order chi connectivity index (χ0) is 28.0. The highest BCUT2D eigenvalue weighted by atomic mass is 32.2. The normalized spacial score (nSPS) is 23.3. The van der Waals surface area contributed by atoms with E-state index in [1.165, 1.54) is 25.1 Å². The van der Waals surface area contributed by atoms with Crippen LogP contribution in [0.2, 0.25) is 0 Å². The van der Waals surface area contributed by atoms with Gasteiger partial charge in [0, 0.05) is 31.4 Å². The summed E-state index contributed by atoms with van der Waals surface area (Å²) in [6.07, 6.45) is 1.83. The molecule has 3 N–H and O–H groups in total. The predicted octanol–water partition coefficient (Wildman–Crippen LogP) is 1.81. The molecule has 0 radical (unpaired) electrons. The molecule has 1 aliphatic carbocycles. The van der Waals surface area contributed by atoms with Gasteiger partial charge in [0.05, 0.1) is 17.0 Å². The molecule has 4 rings (SSSR count). The second-order valence-electron chi connectivity index (χ2n) is 9.38. The Kier molecular flexibility index (Phi) is 7.22. The first kappa shape index (κ1) is 27.9. The number of guanidine groups is 1. The van der Waals surface area contributed by atoms with Crippen molar-refractivity contribution in [1.29, 1.82) is 5.41 Å². The van der Waals surface area contributed by atoms with Crippen LogP contribution in [0.3, 0.4) is 0 Å². The molecule has 1 amide bonds. The van der Waals surface area contributed by atoms with Crippen LogP contribution in [0.25, 0.3) is 0 Å². The summed E-state index contributed by atoms with van der Waals surface area (Å²) in [5, 5.41) is 11.4. The number of hydrogen-bond donors (Lipinski definition) is 3. The van der Waals surface area contributed by atoms with Gasteiger partial charge in [-0.1, -0.05) is 6.92 Å². The van der Waals surface area contributed by atoms with Crippen LogP contribution < -0.4 is 10.6 Å². The molecule has 2 heterocycles. The summed E-state index contributed by atoms with van der Waals surface area (Å²) in [5.41, 5.74) is -2.02. The predicted molar refractivity (Wildman–Crippen MR) is 136 cm³/mol. The zero-order valence-electron chi connectivity index (χ0n) is 20.9. The van der Waals surface area contributed by atoms with Crippen LogP contribution in [0.1, 0.15) is 42.7 Å². The molecule has 1 aliphatic heterocycles. The third-order valence-corrected chi connectivity index (χ3v) is 11.6. The van der Waals surface area contributed by atoms with Crippen molar-refractivity contribution in [2.75, 3.05) is 25.5 Å². The van der Waals surface area contributed by atoms with Crippen molar-refractivity contribution in [3.63, 3.8) is 0 Å². The van der Waals surface area contributed by atoms with E-state index in [1.807, 2.05) is 0 Å². The summed E-state index contributed by atoms with van der Waals surface area (Å²) in [6.45, 7) is 2.49. The minimum Gasteiger partial charge on any atom is -0.345 e. The lowest BCUT2D eigenvalue weighted by Gasteiger charge is -2.47. The molecule has 1 aromatic heterocycles. The number of anilines is 1. The molecule has 38 heavy (non-hydrogen) atoms. The second kappa shape index (κ2) is 9.85. The minimum atomic E-state index is -4.34. The maximum absolute atomic E-state index is 15.3. The largest absolute Gasteiger partial charge is 0.345 e. The maximum atomic E-state index is 15.3. The third-order valence-electron chi connectivity index (χ3n) is 6.85. The van der Waals surface area contributed by atoms with Gasteiger partial charge < -0.3 is 10.6 Å². The molecule has 15 heteroatoms. The van der Waals surface area contributed by atoms with Gasteiger partial charge in [-0.25, -0.2) is 39.2 Å². The molecule has 2 aromatic rings. The fourth-order valence-electron chi connectivity index (χ4n) is 4.42. The summed E-state index contributed by atoms with van der Waals surface area (Å²) < 4.78 is 83.4. The van der Waals surface area contributed by atoms with Gasteiger partial charge in [-0.3, -0.25) is 10.2 Å². The van der Waals surface area contributed by atoms with Crippen molar-refractivity contribution in [3.8, 4) is 0 Å². The number of pyridine rings is 1. The van der Waals surface area contributed by atoms with Gasteiger partial charge in [0.1, 0.15) is 22.6 Å². The Morgan fingerprint density at radius 2 is 1.97 bits per heavy atom. The molecule has 1 aromatic carbocycles. The Labute approximate surface area is 219 Å². The summed E-state index contributed by atoms with van der Waals surface area (Å²) >= 11 is 0. The number of benzene rings is 1. The molecule has 1 saturated heterocycles. The molecule has 2 aliphatic rings. The summed E-state index contributed by atoms with van der Waals surface area (Å²) in [5.74, 6) is -2.70. The van der Waals surface area contributed by atoms with Gasteiger partial charge in [-0.2, -0.15) is 0 Å². The molecule has 2 fully saturated rings. The van der Waals surface area contributed by atoms with Crippen molar-refractivity contribution in [2.24, 2.45) is 0 Å². The quantitative estimate of drug-likeness (QED) is 0.438. The number of sulfonamides is 2. The van der Waals surface area contributed by atoms with Gasteiger partial charge in [0.2, 0.25) is 26.0 Å². The molecule has 2 atom stereocenters. The molecule has 0 bridgehead atoms. The monoisotopic (exact) mass is 570 g/mol. The topological polar surface area (TPSA) is 153 Å². The molecule has 0 unspecified atom stereocenters. The highest BCUT2D eigenvalue weighted by molar-refractivity contribution is 7.91. The number of nitrogens with zero attached hydrogens (tertiary/aromatic N) is 3. The van der Waals surface area contributed by atoms with Crippen LogP contribution in [0, 0.1) is 17.0 Å². The minimum absolute atomic E-state index is 0.00530. The smallest absolute Gasteiger partial charge is 0.274 e. The van der Waals surface area contributed by atoms with Crippen molar-refractivity contribution < 1.29 is 30.4 Å². The number of carbonyl (C=O) groups is 1. The number of nitrogens with one attached hydrogen (secondary N) is 3. The average molecular weight is 571 g/mol. The highest BCUT2D eigenvalue weighted by Crippen LogP contribution is 2.39. The number of rotatable bonds is 8. The van der Waals surface area contributed by atoms with E-state index in [0.717, 1.165) is 29.7 Å². The lowest BCUT2D eigenvalue weighted by atomic mass is 9.87. The Morgan fingerprint density at radius 1 is 1.29 bits per heavy atom. The van der Waals surface area contributed by atoms with Crippen LogP contribution in [0.5, 0.6) is 0 Å². The number of carbonyl (C=O) groups excluding carboxylic acids is 1. The first-order valence-corrected chi connectivity index (χ1v) is 14.8. The SMILES string of the molecule is CCN(C[C@@H]1[C@](C)(c2cc(NC(=O)c3ccc(F)cn3)ccc2F)NC(=N)N(C)S1(=O)=O)S(=O)(=O)C1CC1. The number of aromatic nitrogens is 1. The van der Waals surface area contributed by atoms with Crippen molar-refractivity contribution in [3.05, 3.63) is 59.4 Å². The summed E-state index contributed by atoms with van der Waals surface area (Å²) in [6, 6.07) is 5.72. The standard InChI is InChI=1S/C23H28F2N6O5S2/c1-4-31(37(33,34)16-7-8-16)13-20-23(2,29-22(26)30(3)38(20,35)36)17-11-15(6-9-18(17)25)28-21(32)19-10-5-14(24)12-27-19/h5-6,9-12,16,20H,4,7-8,13H2,1-3H3,(H2,26,29)(H,28,32)/t20-,23+/m1/s1. The van der Waals surface area contributed by atoms with Crippen LogP contribution in [0.15, 0.2) is 36.5 Å². The number of halogens is 2. The Balaban J connectivity index is 1.75. The van der Waals surface area contributed by atoms with Crippen molar-refractivity contribution in [1.82, 2.24) is 18.9 Å². The van der Waals surface area contributed by atoms with E-state index in [9.17, 15) is 26.0 Å². The lowest BCUT2D eigenvalue weighted by molar-refractivity contribution is 0.102. The van der Waals surface area contributed by atoms with Gasteiger partial charge >= 0.3 is 0 Å². The lowest BCUT2D eigenvalue weighted by Crippen LogP contribution is -2.68. The van der Waals surface area contributed by atoms with Crippen LogP contribution in [0.4, 0.5) is 14.5 Å². The van der Waals surface area contributed by atoms with Gasteiger partial charge in [0.15, 0.2) is 0 Å². The fraction of sp³-hybridized carbons (Fsp3) is 0.435. The number of amides is 1. The number of hydrogen-bond acceptors (Lipinski definition) is 7. The molecule has 1 saturated carbocycles. The molecule has 0 spiro atoms. The first-order chi connectivity index (χ1) is 17.7. The maximum Gasteiger partial charge on any atom is 0.274 e. The second-order valence-corrected chi connectivity index (χ2v) is 13.7. The fourth-order valence-corrected chi connectivity index (χ4v) is 8.22. The van der Waals surface area contributed by atoms with E-state index in [-0.39, 0.29) is 23.5 Å². The van der Waals surface area contributed by atoms with E-state index >= 15 is 4.39 Å². The average Bonchev–Trinajstić information content (AvgIpc) is 3.70. The Hall–Kier alpha value is -3.17. The van der Waals surface area contributed by atoms with Crippen LogP contribution >= 0.6 is 0 Å². The Morgan fingerprint density at radius 3 is 2.55 bits per heavy atom. The Bertz CT molecular complexity index is 1480. The van der Waals surface area contributed by atoms with E-state index in [1.54, 1.807) is 6.92 Å². The molecule has 11 nitrogen and oxygen atoms in total. The van der Waals surface area contributed by atoms with Gasteiger partial charge in [-0.15, -0.1) is 0 Å². The molecular formula is C23H28F2N6O5S2. The van der Waals surface area contributed by atoms with Crippen LogP contribution in [-0.4, -0.2) is 72.9 Å². The van der Waals surface area contributed by atoms with Crippen molar-refractivity contribution >= 4 is 37.6 Å². The van der Waals surface area contributed by atoms with Crippen LogP contribution in [-0.2, 0) is 25.6 Å². The van der Waals surface area contributed by atoms with Gasteiger partial charge in [-0.05, 0) is 50.1 Å². The third kappa shape index (κ3) is 4.97. The van der Waals surface area contributed by atoms with E-state index in [2.05, 4.69) is 15.6 Å². The molecule has 206 valence electrons. The summed E-state index contributed by atoms with van der Waals surface area (Å²) in [4.78, 5) is 16.3. The van der Waals surface area contributed by atoms with Crippen molar-refractivity contribution in [2.45, 2.75) is 42.7 Å². The van der Waals surface area contributed by atoms with E-state index in [4.69, 9.17) is 5.41 Å². The van der Waals surface area contributed by atoms with E-state index < -0.39 is 66.1 Å². The summed E-state index contributed by atoms with van der Waals surface area (Å²) in [7, 11) is -6.95. The van der Waals surface area contributed by atoms with E-state index in [0.29, 0.717) is 17.1 Å². The zero-order valence-corrected chi connectivity index (χ0v) is 22.5. The highest BCUT2D eigenvalue weighted by Gasteiger charge is 2.54. The first-order valence-electron chi connectivity index (χ1n) is 11.8.